The van der Waals surface area contributed by atoms with E-state index in [1.807, 2.05) is 67.6 Å². The molecule has 2 heterocycles. The Balaban J connectivity index is 1.78. The first-order valence-corrected chi connectivity index (χ1v) is 9.91. The van der Waals surface area contributed by atoms with E-state index in [4.69, 9.17) is 16.3 Å². The molecule has 2 aromatic carbocycles. The minimum Gasteiger partial charge on any atom is -0.481 e. The van der Waals surface area contributed by atoms with Crippen LogP contribution in [0.5, 0.6) is 5.88 Å². The van der Waals surface area contributed by atoms with Crippen LogP contribution in [0.2, 0.25) is 5.02 Å². The maximum Gasteiger partial charge on any atom is 0.212 e. The molecule has 0 saturated carbocycles. The molecule has 0 aliphatic heterocycles. The Morgan fingerprint density at radius 3 is 2.63 bits per heavy atom. The Labute approximate surface area is 180 Å². The van der Waals surface area contributed by atoms with Crippen LogP contribution in [-0.4, -0.2) is 16.7 Å². The van der Waals surface area contributed by atoms with Crippen molar-refractivity contribution in [2.45, 2.75) is 13.5 Å². The van der Waals surface area contributed by atoms with Gasteiger partial charge < -0.3 is 9.30 Å². The highest BCUT2D eigenvalue weighted by Crippen LogP contribution is 2.29. The zero-order valence-corrected chi connectivity index (χ0v) is 17.5. The average molecular weight is 414 g/mol. The topological polar surface area (TPSA) is 50.8 Å². The van der Waals surface area contributed by atoms with Gasteiger partial charge in [-0.2, -0.15) is 5.26 Å². The fourth-order valence-electron chi connectivity index (χ4n) is 3.43. The molecule has 0 saturated heterocycles. The van der Waals surface area contributed by atoms with Crippen LogP contribution in [0.25, 0.3) is 22.6 Å². The number of ether oxygens (including phenoxy) is 1. The van der Waals surface area contributed by atoms with Crippen molar-refractivity contribution in [2.75, 3.05) is 7.11 Å². The zero-order chi connectivity index (χ0) is 21.1. The third kappa shape index (κ3) is 4.07. The van der Waals surface area contributed by atoms with Crippen LogP contribution in [0, 0.1) is 18.3 Å². The van der Waals surface area contributed by atoms with E-state index in [0.29, 0.717) is 23.0 Å². The molecule has 0 aliphatic rings. The van der Waals surface area contributed by atoms with Crippen LogP contribution < -0.4 is 4.74 Å². The van der Waals surface area contributed by atoms with Crippen molar-refractivity contribution in [2.24, 2.45) is 0 Å². The van der Waals surface area contributed by atoms with Crippen molar-refractivity contribution < 1.29 is 4.74 Å². The van der Waals surface area contributed by atoms with E-state index in [1.54, 1.807) is 13.3 Å². The molecule has 4 aromatic rings. The van der Waals surface area contributed by atoms with Crippen molar-refractivity contribution in [3.8, 4) is 11.9 Å². The molecule has 0 aliphatic carbocycles. The highest BCUT2D eigenvalue weighted by Gasteiger charge is 2.11. The second kappa shape index (κ2) is 8.44. The van der Waals surface area contributed by atoms with Gasteiger partial charge in [-0.25, -0.2) is 4.98 Å². The van der Waals surface area contributed by atoms with Gasteiger partial charge in [-0.1, -0.05) is 53.6 Å². The molecule has 0 atom stereocenters. The molecule has 30 heavy (non-hydrogen) atoms. The number of allylic oxidation sites excluding steroid dienone is 1. The number of pyridine rings is 1. The smallest absolute Gasteiger partial charge is 0.212 e. The quantitative estimate of drug-likeness (QED) is 0.370. The Morgan fingerprint density at radius 1 is 1.17 bits per heavy atom. The Bertz CT molecular complexity index is 1260. The van der Waals surface area contributed by atoms with Gasteiger partial charge in [0.25, 0.3) is 0 Å². The fraction of sp³-hybridized carbons (Fsp3) is 0.120. The second-order valence-corrected chi connectivity index (χ2v) is 7.55. The lowest BCUT2D eigenvalue weighted by atomic mass is 10.0. The van der Waals surface area contributed by atoms with Gasteiger partial charge >= 0.3 is 0 Å². The van der Waals surface area contributed by atoms with E-state index in [-0.39, 0.29) is 0 Å². The molecule has 0 bridgehead atoms. The number of benzene rings is 2. The van der Waals surface area contributed by atoms with Gasteiger partial charge in [0, 0.05) is 41.0 Å². The summed E-state index contributed by atoms with van der Waals surface area (Å²) in [7, 11) is 1.60. The molecular weight excluding hydrogens is 394 g/mol. The van der Waals surface area contributed by atoms with E-state index < -0.39 is 0 Å². The Morgan fingerprint density at radius 2 is 1.97 bits per heavy atom. The molecule has 0 unspecified atom stereocenters. The predicted molar refractivity (Wildman–Crippen MR) is 122 cm³/mol. The van der Waals surface area contributed by atoms with E-state index in [0.717, 1.165) is 33.2 Å². The lowest BCUT2D eigenvalue weighted by Gasteiger charge is -2.06. The standard InChI is InChI=1S/C25H20ClN3O/c1-17-3-6-19(7-4-17)20(13-27)11-21-16-29(24-12-22(26)8-9-23(21)24)15-18-5-10-25(30-2)28-14-18/h3-12,14,16H,15H2,1-2H3/b20-11+. The largest absolute Gasteiger partial charge is 0.481 e. The second-order valence-electron chi connectivity index (χ2n) is 7.12. The van der Waals surface area contributed by atoms with Crippen LogP contribution >= 0.6 is 11.6 Å². The lowest BCUT2D eigenvalue weighted by molar-refractivity contribution is 0.397. The number of aromatic nitrogens is 2. The van der Waals surface area contributed by atoms with E-state index in [1.165, 1.54) is 0 Å². The normalized spacial score (nSPS) is 11.5. The minimum absolute atomic E-state index is 0.583. The summed E-state index contributed by atoms with van der Waals surface area (Å²) in [6.45, 7) is 2.67. The maximum atomic E-state index is 9.75. The monoisotopic (exact) mass is 413 g/mol. The number of rotatable bonds is 5. The van der Waals surface area contributed by atoms with Crippen molar-refractivity contribution in [3.63, 3.8) is 0 Å². The fourth-order valence-corrected chi connectivity index (χ4v) is 3.60. The first-order valence-electron chi connectivity index (χ1n) is 9.53. The van der Waals surface area contributed by atoms with Gasteiger partial charge in [0.05, 0.1) is 24.3 Å². The highest BCUT2D eigenvalue weighted by molar-refractivity contribution is 6.31. The van der Waals surface area contributed by atoms with Gasteiger partial charge in [-0.3, -0.25) is 0 Å². The molecule has 0 radical (unpaired) electrons. The van der Waals surface area contributed by atoms with Gasteiger partial charge in [-0.15, -0.1) is 0 Å². The van der Waals surface area contributed by atoms with Crippen molar-refractivity contribution in [1.82, 2.24) is 9.55 Å². The molecule has 4 rings (SSSR count). The van der Waals surface area contributed by atoms with Crippen LogP contribution in [0.4, 0.5) is 0 Å². The molecule has 0 spiro atoms. The van der Waals surface area contributed by atoms with Crippen LogP contribution in [0.1, 0.15) is 22.3 Å². The molecule has 148 valence electrons. The molecule has 0 N–H and O–H groups in total. The third-order valence-corrected chi connectivity index (χ3v) is 5.25. The van der Waals surface area contributed by atoms with Crippen LogP contribution in [0.15, 0.2) is 67.0 Å². The zero-order valence-electron chi connectivity index (χ0n) is 16.8. The third-order valence-electron chi connectivity index (χ3n) is 5.02. The van der Waals surface area contributed by atoms with E-state index in [2.05, 4.69) is 21.8 Å². The van der Waals surface area contributed by atoms with Crippen molar-refractivity contribution in [1.29, 1.82) is 5.26 Å². The number of hydrogen-bond donors (Lipinski definition) is 0. The van der Waals surface area contributed by atoms with Gasteiger partial charge in [-0.05, 0) is 36.3 Å². The number of aryl methyl sites for hydroxylation is 1. The molecule has 5 heteroatoms. The Kier molecular flexibility index (Phi) is 5.56. The van der Waals surface area contributed by atoms with Crippen LogP contribution in [0.3, 0.4) is 0 Å². The minimum atomic E-state index is 0.583. The SMILES string of the molecule is COc1ccc(Cn2cc(/C=C(\C#N)c3ccc(C)cc3)c3ccc(Cl)cc32)cn1. The number of nitrogens with zero attached hydrogens (tertiary/aromatic N) is 3. The number of halogens is 1. The number of fused-ring (bicyclic) bond motifs is 1. The lowest BCUT2D eigenvalue weighted by Crippen LogP contribution is -1.99. The molecule has 2 aromatic heterocycles. The maximum absolute atomic E-state index is 9.75. The molecule has 0 fully saturated rings. The van der Waals surface area contributed by atoms with Gasteiger partial charge in [0.2, 0.25) is 5.88 Å². The number of nitriles is 1. The molecular formula is C25H20ClN3O. The average Bonchev–Trinajstić information content (AvgIpc) is 3.09. The summed E-state index contributed by atoms with van der Waals surface area (Å²) >= 11 is 6.28. The first kappa shape index (κ1) is 19.8. The summed E-state index contributed by atoms with van der Waals surface area (Å²) < 4.78 is 7.27. The summed E-state index contributed by atoms with van der Waals surface area (Å²) in [6, 6.07) is 20.0. The summed E-state index contributed by atoms with van der Waals surface area (Å²) in [5.41, 5.74) is 5.70. The van der Waals surface area contributed by atoms with E-state index in [9.17, 15) is 5.26 Å². The predicted octanol–water partition coefficient (Wildman–Crippen LogP) is 6.12. The highest BCUT2D eigenvalue weighted by atomic mass is 35.5. The summed E-state index contributed by atoms with van der Waals surface area (Å²) in [6.07, 6.45) is 5.79. The summed E-state index contributed by atoms with van der Waals surface area (Å²) in [5.74, 6) is 0.583. The van der Waals surface area contributed by atoms with E-state index >= 15 is 0 Å². The van der Waals surface area contributed by atoms with Crippen molar-refractivity contribution in [3.05, 3.63) is 94.3 Å². The molecule has 0 amide bonds. The van der Waals surface area contributed by atoms with Gasteiger partial charge in [0.1, 0.15) is 0 Å². The Hall–Kier alpha value is -3.55. The van der Waals surface area contributed by atoms with Crippen LogP contribution in [-0.2, 0) is 6.54 Å². The van der Waals surface area contributed by atoms with Crippen molar-refractivity contribution >= 4 is 34.2 Å². The first-order chi connectivity index (χ1) is 14.6. The number of hydrogen-bond acceptors (Lipinski definition) is 3. The van der Waals surface area contributed by atoms with Gasteiger partial charge in [0.15, 0.2) is 0 Å². The summed E-state index contributed by atoms with van der Waals surface area (Å²) in [5, 5.41) is 11.5. The summed E-state index contributed by atoms with van der Waals surface area (Å²) in [4.78, 5) is 4.29. The molecule has 4 nitrogen and oxygen atoms in total. The number of methoxy groups -OCH3 is 1.